The van der Waals surface area contributed by atoms with E-state index >= 15 is 0 Å². The molecule has 1 saturated carbocycles. The van der Waals surface area contributed by atoms with Crippen LogP contribution >= 0.6 is 23.3 Å². The molecule has 1 amide bonds. The highest BCUT2D eigenvalue weighted by atomic mass is 35.5. The zero-order valence-electron chi connectivity index (χ0n) is 10.1. The normalized spacial score (nSPS) is 16.5. The number of amides is 1. The molecule has 19 heavy (non-hydrogen) atoms. The lowest BCUT2D eigenvalue weighted by Crippen LogP contribution is -2.29. The predicted octanol–water partition coefficient (Wildman–Crippen LogP) is 2.41. The Balaban J connectivity index is 1.78. The summed E-state index contributed by atoms with van der Waals surface area (Å²) in [4.78, 5) is 12.0. The summed E-state index contributed by atoms with van der Waals surface area (Å²) < 4.78 is 8.28. The molecule has 1 aromatic carbocycles. The van der Waals surface area contributed by atoms with Crippen molar-refractivity contribution in [2.75, 3.05) is 5.32 Å². The van der Waals surface area contributed by atoms with E-state index < -0.39 is 0 Å². The van der Waals surface area contributed by atoms with Gasteiger partial charge in [0.05, 0.1) is 22.4 Å². The number of nitrogens with one attached hydrogen (secondary N) is 1. The molecule has 1 unspecified atom stereocenters. The van der Waals surface area contributed by atoms with E-state index in [1.807, 2.05) is 0 Å². The molecular formula is C12H13ClN4OS. The number of carbonyl (C=O) groups excluding carboxylic acids is 1. The van der Waals surface area contributed by atoms with Crippen LogP contribution in [0.5, 0.6) is 0 Å². The lowest BCUT2D eigenvalue weighted by molar-refractivity contribution is -0.116. The third-order valence-corrected chi connectivity index (χ3v) is 4.15. The summed E-state index contributed by atoms with van der Waals surface area (Å²) in [6.45, 7) is 0. The highest BCUT2D eigenvalue weighted by Gasteiger charge is 2.30. The van der Waals surface area contributed by atoms with Gasteiger partial charge in [-0.1, -0.05) is 11.6 Å². The topological polar surface area (TPSA) is 80.9 Å². The van der Waals surface area contributed by atoms with Crippen LogP contribution in [0.3, 0.4) is 0 Å². The summed E-state index contributed by atoms with van der Waals surface area (Å²) in [7, 11) is 0. The van der Waals surface area contributed by atoms with Crippen molar-refractivity contribution < 1.29 is 4.79 Å². The van der Waals surface area contributed by atoms with E-state index in [2.05, 4.69) is 14.1 Å². The zero-order chi connectivity index (χ0) is 13.4. The van der Waals surface area contributed by atoms with Crippen LogP contribution in [0.15, 0.2) is 12.1 Å². The van der Waals surface area contributed by atoms with E-state index in [1.54, 1.807) is 12.1 Å². The van der Waals surface area contributed by atoms with Crippen molar-refractivity contribution in [3.05, 3.63) is 17.2 Å². The van der Waals surface area contributed by atoms with E-state index in [4.69, 9.17) is 17.3 Å². The average Bonchev–Trinajstić information content (AvgIpc) is 3.12. The van der Waals surface area contributed by atoms with Gasteiger partial charge >= 0.3 is 0 Å². The second kappa shape index (κ2) is 5.03. The highest BCUT2D eigenvalue weighted by molar-refractivity contribution is 7.00. The number of fused-ring (bicyclic) bond motifs is 1. The minimum atomic E-state index is -0.123. The molecule has 2 aromatic rings. The summed E-state index contributed by atoms with van der Waals surface area (Å²) in [5.41, 5.74) is 7.84. The number of carbonyl (C=O) groups is 1. The Hall–Kier alpha value is -1.24. The lowest BCUT2D eigenvalue weighted by Gasteiger charge is -2.11. The van der Waals surface area contributed by atoms with E-state index in [0.29, 0.717) is 28.6 Å². The monoisotopic (exact) mass is 296 g/mol. The summed E-state index contributed by atoms with van der Waals surface area (Å²) in [5, 5.41) is 3.27. The second-order valence-corrected chi connectivity index (χ2v) is 5.74. The van der Waals surface area contributed by atoms with Gasteiger partial charge in [-0.25, -0.2) is 0 Å². The fraction of sp³-hybridized carbons (Fsp3) is 0.417. The molecule has 5 nitrogen and oxygen atoms in total. The number of anilines is 1. The predicted molar refractivity (Wildman–Crippen MR) is 76.4 cm³/mol. The minimum absolute atomic E-state index is 0.0634. The Morgan fingerprint density at radius 2 is 2.32 bits per heavy atom. The largest absolute Gasteiger partial charge is 0.327 e. The number of halogens is 1. The van der Waals surface area contributed by atoms with Gasteiger partial charge in [-0.15, -0.1) is 0 Å². The molecule has 0 saturated heterocycles. The van der Waals surface area contributed by atoms with Crippen LogP contribution in [0.4, 0.5) is 5.69 Å². The molecule has 100 valence electrons. The number of benzene rings is 1. The molecule has 0 radical (unpaired) electrons. The quantitative estimate of drug-likeness (QED) is 0.908. The standard InChI is InChI=1S/C12H13ClN4OS/c13-7-3-4-9-12(17-19-16-9)11(7)15-10(18)5-8(14)6-1-2-6/h3-4,6,8H,1-2,5,14H2,(H,15,18). The second-order valence-electron chi connectivity index (χ2n) is 4.81. The number of nitrogens with zero attached hydrogens (tertiary/aromatic N) is 2. The van der Waals surface area contributed by atoms with Gasteiger partial charge in [-0.05, 0) is 30.9 Å². The van der Waals surface area contributed by atoms with Crippen LogP contribution in [-0.2, 0) is 4.79 Å². The first-order valence-electron chi connectivity index (χ1n) is 6.11. The van der Waals surface area contributed by atoms with E-state index in [1.165, 1.54) is 0 Å². The van der Waals surface area contributed by atoms with Crippen LogP contribution < -0.4 is 11.1 Å². The van der Waals surface area contributed by atoms with Gasteiger partial charge < -0.3 is 11.1 Å². The van der Waals surface area contributed by atoms with E-state index in [-0.39, 0.29) is 11.9 Å². The van der Waals surface area contributed by atoms with Gasteiger partial charge in [0, 0.05) is 12.5 Å². The smallest absolute Gasteiger partial charge is 0.226 e. The Labute approximate surface area is 119 Å². The molecule has 0 bridgehead atoms. The van der Waals surface area contributed by atoms with Gasteiger partial charge in [0.2, 0.25) is 5.91 Å². The molecule has 3 N–H and O–H groups in total. The average molecular weight is 297 g/mol. The third-order valence-electron chi connectivity index (χ3n) is 3.29. The molecular weight excluding hydrogens is 284 g/mol. The number of aromatic nitrogens is 2. The lowest BCUT2D eigenvalue weighted by atomic mass is 10.1. The number of rotatable bonds is 4. The van der Waals surface area contributed by atoms with Crippen molar-refractivity contribution >= 4 is 46.0 Å². The Bertz CT molecular complexity index is 625. The van der Waals surface area contributed by atoms with Crippen LogP contribution in [0.1, 0.15) is 19.3 Å². The maximum absolute atomic E-state index is 12.0. The number of nitrogens with two attached hydrogens (primary N) is 1. The maximum Gasteiger partial charge on any atom is 0.226 e. The molecule has 1 aromatic heterocycles. The summed E-state index contributed by atoms with van der Waals surface area (Å²) >= 11 is 7.20. The van der Waals surface area contributed by atoms with Crippen LogP contribution in [0, 0.1) is 5.92 Å². The van der Waals surface area contributed by atoms with Crippen molar-refractivity contribution in [1.29, 1.82) is 0 Å². The first kappa shape index (κ1) is 12.8. The van der Waals surface area contributed by atoms with Gasteiger partial charge in [0.15, 0.2) is 0 Å². The number of hydrogen-bond donors (Lipinski definition) is 2. The summed E-state index contributed by atoms with van der Waals surface area (Å²) in [6.07, 6.45) is 2.57. The van der Waals surface area contributed by atoms with Crippen LogP contribution in [0.25, 0.3) is 11.0 Å². The van der Waals surface area contributed by atoms with E-state index in [9.17, 15) is 4.79 Å². The molecule has 0 spiro atoms. The summed E-state index contributed by atoms with van der Waals surface area (Å²) in [6, 6.07) is 3.43. The van der Waals surface area contributed by atoms with Crippen molar-refractivity contribution in [2.24, 2.45) is 11.7 Å². The molecule has 1 aliphatic rings. The fourth-order valence-corrected chi connectivity index (χ4v) is 2.78. The molecule has 1 aliphatic carbocycles. The molecule has 1 atom stereocenters. The van der Waals surface area contributed by atoms with Gasteiger partial charge in [0.1, 0.15) is 11.0 Å². The number of hydrogen-bond acceptors (Lipinski definition) is 5. The molecule has 7 heteroatoms. The Morgan fingerprint density at radius 3 is 3.05 bits per heavy atom. The highest BCUT2D eigenvalue weighted by Crippen LogP contribution is 2.34. The fourth-order valence-electron chi connectivity index (χ4n) is 2.04. The zero-order valence-corrected chi connectivity index (χ0v) is 11.7. The van der Waals surface area contributed by atoms with E-state index in [0.717, 1.165) is 30.1 Å². The Kier molecular flexibility index (Phi) is 3.38. The Morgan fingerprint density at radius 1 is 1.53 bits per heavy atom. The third kappa shape index (κ3) is 2.70. The first-order valence-corrected chi connectivity index (χ1v) is 7.22. The van der Waals surface area contributed by atoms with Crippen molar-refractivity contribution in [3.63, 3.8) is 0 Å². The minimum Gasteiger partial charge on any atom is -0.327 e. The molecule has 1 heterocycles. The van der Waals surface area contributed by atoms with Crippen LogP contribution in [-0.4, -0.2) is 20.7 Å². The van der Waals surface area contributed by atoms with Crippen molar-refractivity contribution in [2.45, 2.75) is 25.3 Å². The van der Waals surface area contributed by atoms with Gasteiger partial charge in [-0.2, -0.15) is 8.75 Å². The SMILES string of the molecule is NC(CC(=O)Nc1c(Cl)ccc2nsnc12)C1CC1. The molecule has 3 rings (SSSR count). The van der Waals surface area contributed by atoms with Gasteiger partial charge in [-0.3, -0.25) is 4.79 Å². The first-order chi connectivity index (χ1) is 9.15. The van der Waals surface area contributed by atoms with Crippen molar-refractivity contribution in [3.8, 4) is 0 Å². The summed E-state index contributed by atoms with van der Waals surface area (Å²) in [5.74, 6) is 0.375. The molecule has 0 aliphatic heterocycles. The van der Waals surface area contributed by atoms with Crippen molar-refractivity contribution in [1.82, 2.24) is 8.75 Å². The maximum atomic E-state index is 12.0. The van der Waals surface area contributed by atoms with Gasteiger partial charge in [0.25, 0.3) is 0 Å². The van der Waals surface area contributed by atoms with Crippen LogP contribution in [0.2, 0.25) is 5.02 Å². The molecule has 1 fully saturated rings.